The van der Waals surface area contributed by atoms with Crippen LogP contribution in [0.4, 0.5) is 17.1 Å². The highest BCUT2D eigenvalue weighted by molar-refractivity contribution is 6.25. The SMILES string of the molecule is Cc1nc2cccc3c2n1-c1ccc(-c2ccc4c(-c5cccc6ccccc56)c5ccccc5c(-c5cccc6ccccc56)c4c2)cc1N3c1ccccc1. The minimum absolute atomic E-state index is 0.984. The van der Waals surface area contributed by atoms with Gasteiger partial charge in [-0.05, 0) is 126 Å². The molecule has 57 heavy (non-hydrogen) atoms. The number of hydrogen-bond donors (Lipinski definition) is 0. The van der Waals surface area contributed by atoms with Gasteiger partial charge in [0, 0.05) is 5.69 Å². The molecule has 266 valence electrons. The van der Waals surface area contributed by atoms with Crippen LogP contribution in [0.25, 0.3) is 93.2 Å². The molecule has 1 aliphatic rings. The number of fused-ring (bicyclic) bond motifs is 6. The molecule has 1 aromatic heterocycles. The van der Waals surface area contributed by atoms with E-state index < -0.39 is 0 Å². The van der Waals surface area contributed by atoms with E-state index in [0.717, 1.165) is 45.2 Å². The minimum Gasteiger partial charge on any atom is -0.306 e. The molecule has 3 nitrogen and oxygen atoms in total. The smallest absolute Gasteiger partial charge is 0.111 e. The molecule has 0 atom stereocenters. The summed E-state index contributed by atoms with van der Waals surface area (Å²) in [6.07, 6.45) is 0. The Labute approximate surface area is 330 Å². The zero-order chi connectivity index (χ0) is 37.6. The molecule has 12 rings (SSSR count). The third kappa shape index (κ3) is 4.69. The fourth-order valence-corrected chi connectivity index (χ4v) is 9.58. The molecule has 0 unspecified atom stereocenters. The van der Waals surface area contributed by atoms with Gasteiger partial charge in [0.1, 0.15) is 5.82 Å². The predicted octanol–water partition coefficient (Wildman–Crippen LogP) is 14.7. The molecule has 0 radical (unpaired) electrons. The number of imidazole rings is 1. The van der Waals surface area contributed by atoms with E-state index >= 15 is 0 Å². The Hall–Kier alpha value is -7.49. The lowest BCUT2D eigenvalue weighted by atomic mass is 9.83. The number of benzene rings is 10. The van der Waals surface area contributed by atoms with Crippen LogP contribution >= 0.6 is 0 Å². The van der Waals surface area contributed by atoms with Gasteiger partial charge in [-0.2, -0.15) is 0 Å². The Morgan fingerprint density at radius 1 is 0.386 bits per heavy atom. The van der Waals surface area contributed by atoms with Crippen LogP contribution in [0.5, 0.6) is 0 Å². The Balaban J connectivity index is 1.17. The highest BCUT2D eigenvalue weighted by atomic mass is 15.2. The molecule has 1 aliphatic heterocycles. The van der Waals surface area contributed by atoms with E-state index in [2.05, 4.69) is 211 Å². The molecule has 10 aromatic carbocycles. The summed E-state index contributed by atoms with van der Waals surface area (Å²) in [5.41, 5.74) is 14.0. The maximum atomic E-state index is 5.00. The first kappa shape index (κ1) is 31.8. The summed E-state index contributed by atoms with van der Waals surface area (Å²) in [5.74, 6) is 0.984. The molecule has 0 amide bonds. The first-order valence-electron chi connectivity index (χ1n) is 19.6. The van der Waals surface area contributed by atoms with Crippen molar-refractivity contribution in [1.82, 2.24) is 9.55 Å². The Morgan fingerprint density at radius 3 is 1.63 bits per heavy atom. The first-order chi connectivity index (χ1) is 28.2. The summed E-state index contributed by atoms with van der Waals surface area (Å²) in [4.78, 5) is 7.40. The van der Waals surface area contributed by atoms with Crippen LogP contribution in [0.2, 0.25) is 0 Å². The lowest BCUT2D eigenvalue weighted by Crippen LogP contribution is -2.18. The Morgan fingerprint density at radius 2 is 0.930 bits per heavy atom. The highest BCUT2D eigenvalue weighted by Gasteiger charge is 2.29. The molecule has 0 fully saturated rings. The quantitative estimate of drug-likeness (QED) is 0.168. The third-order valence-electron chi connectivity index (χ3n) is 12.0. The van der Waals surface area contributed by atoms with E-state index in [9.17, 15) is 0 Å². The van der Waals surface area contributed by atoms with Crippen LogP contribution < -0.4 is 4.90 Å². The van der Waals surface area contributed by atoms with Gasteiger partial charge in [0.05, 0.1) is 28.1 Å². The Bertz CT molecular complexity index is 3420. The minimum atomic E-state index is 0.984. The molecule has 3 heteroatoms. The second kappa shape index (κ2) is 12.3. The fraction of sp³-hybridized carbons (Fsp3) is 0.0185. The van der Waals surface area contributed by atoms with Gasteiger partial charge in [0.15, 0.2) is 0 Å². The largest absolute Gasteiger partial charge is 0.306 e. The van der Waals surface area contributed by atoms with Crippen LogP contribution in [0.15, 0.2) is 194 Å². The Kier molecular flexibility index (Phi) is 6.84. The van der Waals surface area contributed by atoms with Crippen LogP contribution in [0, 0.1) is 6.92 Å². The van der Waals surface area contributed by atoms with E-state index in [1.54, 1.807) is 0 Å². The average Bonchev–Trinajstić information content (AvgIpc) is 3.62. The van der Waals surface area contributed by atoms with Crippen LogP contribution in [-0.4, -0.2) is 9.55 Å². The number of aromatic nitrogens is 2. The second-order valence-electron chi connectivity index (χ2n) is 15.1. The van der Waals surface area contributed by atoms with Crippen LogP contribution in [0.3, 0.4) is 0 Å². The van der Waals surface area contributed by atoms with E-state index in [4.69, 9.17) is 4.98 Å². The van der Waals surface area contributed by atoms with Crippen molar-refractivity contribution in [3.8, 4) is 39.1 Å². The van der Waals surface area contributed by atoms with Gasteiger partial charge in [-0.1, -0.05) is 152 Å². The molecule has 0 aliphatic carbocycles. The number of hydrogen-bond acceptors (Lipinski definition) is 2. The molecule has 0 bridgehead atoms. The first-order valence-corrected chi connectivity index (χ1v) is 19.6. The molecule has 0 spiro atoms. The zero-order valence-electron chi connectivity index (χ0n) is 31.3. The van der Waals surface area contributed by atoms with Crippen molar-refractivity contribution < 1.29 is 0 Å². The lowest BCUT2D eigenvalue weighted by molar-refractivity contribution is 0.982. The summed E-state index contributed by atoms with van der Waals surface area (Å²) in [5, 5.41) is 9.97. The van der Waals surface area contributed by atoms with Crippen molar-refractivity contribution in [3.63, 3.8) is 0 Å². The maximum absolute atomic E-state index is 5.00. The maximum Gasteiger partial charge on any atom is 0.111 e. The van der Waals surface area contributed by atoms with Crippen molar-refractivity contribution in [2.75, 3.05) is 4.90 Å². The highest BCUT2D eigenvalue weighted by Crippen LogP contribution is 2.50. The van der Waals surface area contributed by atoms with Gasteiger partial charge in [0.25, 0.3) is 0 Å². The van der Waals surface area contributed by atoms with Crippen molar-refractivity contribution >= 4 is 71.2 Å². The standard InChI is InChI=1S/C54H35N3/c1-34-55-48-26-13-27-50-54(48)56(34)49-31-29-38(33-51(49)57(50)39-18-3-2-4-19-39)37-28-30-46-47(32-37)53(43-25-12-17-36-15-6-8-21-41(36)43)45-23-10-9-22-44(45)52(46)42-24-11-16-35-14-5-7-20-40(35)42/h2-33H,1H3. The van der Waals surface area contributed by atoms with E-state index in [-0.39, 0.29) is 0 Å². The van der Waals surface area contributed by atoms with Crippen molar-refractivity contribution in [2.45, 2.75) is 6.92 Å². The van der Waals surface area contributed by atoms with Gasteiger partial charge >= 0.3 is 0 Å². The summed E-state index contributed by atoms with van der Waals surface area (Å²) in [6, 6.07) is 71.2. The molecule has 0 N–H and O–H groups in total. The normalized spacial score (nSPS) is 12.3. The van der Waals surface area contributed by atoms with Crippen molar-refractivity contribution in [2.24, 2.45) is 0 Å². The van der Waals surface area contributed by atoms with Crippen molar-refractivity contribution in [3.05, 3.63) is 200 Å². The van der Waals surface area contributed by atoms with E-state index in [0.29, 0.717) is 0 Å². The monoisotopic (exact) mass is 725 g/mol. The second-order valence-corrected chi connectivity index (χ2v) is 15.1. The van der Waals surface area contributed by atoms with E-state index in [1.165, 1.54) is 70.9 Å². The molecule has 0 saturated carbocycles. The summed E-state index contributed by atoms with van der Waals surface area (Å²) >= 11 is 0. The molecule has 0 saturated heterocycles. The molecule has 11 aromatic rings. The molecular weight excluding hydrogens is 691 g/mol. The number of rotatable bonds is 4. The number of anilines is 3. The van der Waals surface area contributed by atoms with Crippen molar-refractivity contribution in [1.29, 1.82) is 0 Å². The lowest BCUT2D eigenvalue weighted by Gasteiger charge is -2.33. The third-order valence-corrected chi connectivity index (χ3v) is 12.0. The fourth-order valence-electron chi connectivity index (χ4n) is 9.58. The van der Waals surface area contributed by atoms with Gasteiger partial charge in [-0.15, -0.1) is 0 Å². The predicted molar refractivity (Wildman–Crippen MR) is 240 cm³/mol. The summed E-state index contributed by atoms with van der Waals surface area (Å²) < 4.78 is 2.32. The molecule has 2 heterocycles. The summed E-state index contributed by atoms with van der Waals surface area (Å²) in [7, 11) is 0. The summed E-state index contributed by atoms with van der Waals surface area (Å²) in [6.45, 7) is 2.11. The number of para-hydroxylation sites is 2. The average molecular weight is 726 g/mol. The van der Waals surface area contributed by atoms with Crippen LogP contribution in [-0.2, 0) is 0 Å². The van der Waals surface area contributed by atoms with Gasteiger partial charge in [-0.3, -0.25) is 4.57 Å². The molecular formula is C54H35N3. The zero-order valence-corrected chi connectivity index (χ0v) is 31.3. The van der Waals surface area contributed by atoms with Crippen LogP contribution in [0.1, 0.15) is 5.82 Å². The van der Waals surface area contributed by atoms with Gasteiger partial charge < -0.3 is 4.90 Å². The topological polar surface area (TPSA) is 21.1 Å². The number of nitrogens with zero attached hydrogens (tertiary/aromatic N) is 3. The number of aryl methyl sites for hydroxylation is 1. The van der Waals surface area contributed by atoms with Gasteiger partial charge in [0.2, 0.25) is 0 Å². The van der Waals surface area contributed by atoms with Gasteiger partial charge in [-0.25, -0.2) is 4.98 Å². The van der Waals surface area contributed by atoms with E-state index in [1.807, 2.05) is 0 Å².